The molecule has 0 bridgehead atoms. The number of amidine groups is 2. The summed E-state index contributed by atoms with van der Waals surface area (Å²) < 4.78 is 3.65. The maximum absolute atomic E-state index is 13.8. The molecule has 0 aliphatic rings. The van der Waals surface area contributed by atoms with Gasteiger partial charge < -0.3 is 20.6 Å². The Balaban J connectivity index is 1.61. The van der Waals surface area contributed by atoms with Gasteiger partial charge in [0.2, 0.25) is 0 Å². The summed E-state index contributed by atoms with van der Waals surface area (Å²) in [5.41, 5.74) is 15.6. The first-order valence-electron chi connectivity index (χ1n) is 12.1. The zero-order chi connectivity index (χ0) is 26.3. The quantitative estimate of drug-likeness (QED) is 0.201. The molecular formula is C29H29N7O. The predicted octanol–water partition coefficient (Wildman–Crippen LogP) is 4.14. The van der Waals surface area contributed by atoms with Gasteiger partial charge >= 0.3 is 0 Å². The fourth-order valence-corrected chi connectivity index (χ4v) is 4.77. The molecule has 37 heavy (non-hydrogen) atoms. The molecule has 8 nitrogen and oxygen atoms in total. The Morgan fingerprint density at radius 3 is 2.41 bits per heavy atom. The molecule has 0 aliphatic carbocycles. The zero-order valence-electron chi connectivity index (χ0n) is 20.8. The van der Waals surface area contributed by atoms with Crippen molar-refractivity contribution in [2.45, 2.75) is 32.9 Å². The summed E-state index contributed by atoms with van der Waals surface area (Å²) in [7, 11) is 0. The van der Waals surface area contributed by atoms with E-state index in [1.54, 1.807) is 16.8 Å². The summed E-state index contributed by atoms with van der Waals surface area (Å²) in [6.45, 7) is 4.92. The number of imidazole rings is 1. The van der Waals surface area contributed by atoms with E-state index in [0.29, 0.717) is 35.2 Å². The highest BCUT2D eigenvalue weighted by molar-refractivity contribution is 5.99. The van der Waals surface area contributed by atoms with Crippen molar-refractivity contribution in [3.05, 3.63) is 111 Å². The molecular weight excluding hydrogens is 462 g/mol. The van der Waals surface area contributed by atoms with Crippen molar-refractivity contribution < 1.29 is 0 Å². The molecule has 5 aromatic rings. The lowest BCUT2D eigenvalue weighted by molar-refractivity contribution is 0.677. The molecule has 5 rings (SSSR count). The van der Waals surface area contributed by atoms with Crippen LogP contribution in [0.2, 0.25) is 0 Å². The van der Waals surface area contributed by atoms with Crippen molar-refractivity contribution in [1.82, 2.24) is 14.1 Å². The van der Waals surface area contributed by atoms with Gasteiger partial charge in [-0.3, -0.25) is 15.6 Å². The number of rotatable bonds is 7. The van der Waals surface area contributed by atoms with Crippen molar-refractivity contribution >= 4 is 33.5 Å². The summed E-state index contributed by atoms with van der Waals surface area (Å²) in [6, 6.07) is 21.1. The van der Waals surface area contributed by atoms with Crippen molar-refractivity contribution in [3.8, 4) is 0 Å². The third-order valence-electron chi connectivity index (χ3n) is 6.62. The number of benzene rings is 3. The van der Waals surface area contributed by atoms with E-state index in [-0.39, 0.29) is 23.1 Å². The Kier molecular flexibility index (Phi) is 6.09. The van der Waals surface area contributed by atoms with E-state index >= 15 is 0 Å². The lowest BCUT2D eigenvalue weighted by Gasteiger charge is -2.14. The fourth-order valence-electron chi connectivity index (χ4n) is 4.77. The molecule has 0 amide bonds. The van der Waals surface area contributed by atoms with Gasteiger partial charge in [-0.1, -0.05) is 62.4 Å². The van der Waals surface area contributed by atoms with E-state index in [9.17, 15) is 4.79 Å². The summed E-state index contributed by atoms with van der Waals surface area (Å²) in [5.74, 6) is 0.957. The number of hydrogen-bond acceptors (Lipinski definition) is 4. The third kappa shape index (κ3) is 4.49. The van der Waals surface area contributed by atoms with Crippen molar-refractivity contribution in [2.24, 2.45) is 11.5 Å². The number of pyridine rings is 1. The zero-order valence-corrected chi connectivity index (χ0v) is 20.8. The van der Waals surface area contributed by atoms with Crippen LogP contribution in [0, 0.1) is 10.8 Å². The monoisotopic (exact) mass is 491 g/mol. The van der Waals surface area contributed by atoms with E-state index in [4.69, 9.17) is 27.3 Å². The normalized spacial score (nSPS) is 11.4. The predicted molar refractivity (Wildman–Crippen MR) is 149 cm³/mol. The highest BCUT2D eigenvalue weighted by Crippen LogP contribution is 2.24. The smallest absolute Gasteiger partial charge is 0.277 e. The minimum absolute atomic E-state index is 0.0268. The highest BCUT2D eigenvalue weighted by atomic mass is 16.1. The van der Waals surface area contributed by atoms with Crippen LogP contribution in [-0.2, 0) is 13.1 Å². The summed E-state index contributed by atoms with van der Waals surface area (Å²) in [4.78, 5) is 18.6. The van der Waals surface area contributed by atoms with Gasteiger partial charge in [0, 0.05) is 29.8 Å². The molecule has 0 unspecified atom stereocenters. The minimum Gasteiger partial charge on any atom is -0.384 e. The molecule has 0 radical (unpaired) electrons. The Morgan fingerprint density at radius 2 is 1.68 bits per heavy atom. The number of nitrogen functional groups attached to an aromatic ring is 2. The first-order valence-corrected chi connectivity index (χ1v) is 12.1. The van der Waals surface area contributed by atoms with Gasteiger partial charge in [0.05, 0.1) is 12.1 Å². The van der Waals surface area contributed by atoms with Crippen LogP contribution in [0.15, 0.2) is 77.7 Å². The van der Waals surface area contributed by atoms with Crippen molar-refractivity contribution in [3.63, 3.8) is 0 Å². The van der Waals surface area contributed by atoms with Gasteiger partial charge in [0.25, 0.3) is 5.56 Å². The van der Waals surface area contributed by atoms with Gasteiger partial charge in [-0.05, 0) is 40.1 Å². The lowest BCUT2D eigenvalue weighted by Crippen LogP contribution is -2.24. The number of aromatic nitrogens is 3. The second-order valence-corrected chi connectivity index (χ2v) is 9.57. The molecule has 6 N–H and O–H groups in total. The van der Waals surface area contributed by atoms with Crippen LogP contribution in [0.4, 0.5) is 0 Å². The van der Waals surface area contributed by atoms with E-state index < -0.39 is 0 Å². The lowest BCUT2D eigenvalue weighted by atomic mass is 10.0. The molecule has 0 spiro atoms. The van der Waals surface area contributed by atoms with Gasteiger partial charge in [-0.15, -0.1) is 0 Å². The van der Waals surface area contributed by atoms with E-state index in [1.807, 2.05) is 53.1 Å². The molecule has 2 heterocycles. The first kappa shape index (κ1) is 24.0. The van der Waals surface area contributed by atoms with Gasteiger partial charge in [-0.2, -0.15) is 0 Å². The summed E-state index contributed by atoms with van der Waals surface area (Å²) in [6.07, 6.45) is 1.75. The number of nitrogens with one attached hydrogen (secondary N) is 2. The second-order valence-electron chi connectivity index (χ2n) is 9.57. The number of fused-ring (bicyclic) bond motifs is 2. The van der Waals surface area contributed by atoms with Gasteiger partial charge in [0.15, 0.2) is 0 Å². The maximum atomic E-state index is 13.8. The number of nitrogens with zero attached hydrogens (tertiary/aromatic N) is 3. The molecule has 0 aliphatic heterocycles. The molecule has 8 heteroatoms. The van der Waals surface area contributed by atoms with Crippen LogP contribution in [0.3, 0.4) is 0 Å². The Morgan fingerprint density at radius 1 is 0.919 bits per heavy atom. The third-order valence-corrected chi connectivity index (χ3v) is 6.62. The van der Waals surface area contributed by atoms with Crippen LogP contribution in [0.1, 0.15) is 47.8 Å². The average Bonchev–Trinajstić information content (AvgIpc) is 3.24. The molecule has 0 fully saturated rings. The van der Waals surface area contributed by atoms with Crippen LogP contribution in [0.25, 0.3) is 21.8 Å². The number of nitrogens with two attached hydrogens (primary N) is 2. The van der Waals surface area contributed by atoms with Crippen LogP contribution < -0.4 is 17.0 Å². The molecule has 3 aromatic carbocycles. The van der Waals surface area contributed by atoms with Crippen molar-refractivity contribution in [2.75, 3.05) is 0 Å². The average molecular weight is 492 g/mol. The standard InChI is InChI=1S/C29H29N7O/c1-17(2)28-34-24-11-12-35(16-21-5-3-4-6-23(21)27(32)33)29(37)25(24)36(28)15-18-7-8-19-9-10-20(26(30)31)14-22(19)13-18/h3-14,17H,15-16H2,1-2H3,(H3,30,31)(H3,32,33). The molecule has 2 aromatic heterocycles. The van der Waals surface area contributed by atoms with E-state index in [2.05, 4.69) is 26.0 Å². The Labute approximate surface area is 214 Å². The van der Waals surface area contributed by atoms with Crippen LogP contribution in [0.5, 0.6) is 0 Å². The van der Waals surface area contributed by atoms with Gasteiger partial charge in [-0.25, -0.2) is 4.98 Å². The second kappa shape index (κ2) is 9.39. The highest BCUT2D eigenvalue weighted by Gasteiger charge is 2.18. The minimum atomic E-state index is -0.144. The molecule has 0 saturated carbocycles. The summed E-state index contributed by atoms with van der Waals surface area (Å²) >= 11 is 0. The number of hydrogen-bond donors (Lipinski definition) is 4. The van der Waals surface area contributed by atoms with Crippen LogP contribution >= 0.6 is 0 Å². The topological polar surface area (TPSA) is 140 Å². The Hall–Kier alpha value is -4.72. The van der Waals surface area contributed by atoms with E-state index in [1.165, 1.54) is 0 Å². The SMILES string of the molecule is CC(C)c1nc2ccn(Cc3ccccc3C(=N)N)c(=O)c2n1Cc1ccc2ccc(C(=N)N)cc2c1. The van der Waals surface area contributed by atoms with Gasteiger partial charge in [0.1, 0.15) is 23.0 Å². The van der Waals surface area contributed by atoms with E-state index in [0.717, 1.165) is 27.7 Å². The molecule has 0 saturated heterocycles. The van der Waals surface area contributed by atoms with Crippen molar-refractivity contribution in [1.29, 1.82) is 10.8 Å². The fraction of sp³-hybridized carbons (Fsp3) is 0.172. The van der Waals surface area contributed by atoms with Crippen LogP contribution in [-0.4, -0.2) is 25.8 Å². The molecule has 0 atom stereocenters. The molecule has 186 valence electrons. The maximum Gasteiger partial charge on any atom is 0.277 e. The summed E-state index contributed by atoms with van der Waals surface area (Å²) in [5, 5.41) is 17.7. The Bertz CT molecular complexity index is 1740. The largest absolute Gasteiger partial charge is 0.384 e. The first-order chi connectivity index (χ1) is 17.7.